The van der Waals surface area contributed by atoms with E-state index in [-0.39, 0.29) is 0 Å². The summed E-state index contributed by atoms with van der Waals surface area (Å²) in [6, 6.07) is 0. The van der Waals surface area contributed by atoms with Crippen LogP contribution in [0.25, 0.3) is 0 Å². The van der Waals surface area contributed by atoms with E-state index in [4.69, 9.17) is 0 Å². The van der Waals surface area contributed by atoms with E-state index in [1.807, 2.05) is 0 Å². The van der Waals surface area contributed by atoms with Crippen LogP contribution in [0.1, 0.15) is 39.0 Å². The number of rotatable bonds is 6. The Labute approximate surface area is 82.7 Å². The van der Waals surface area contributed by atoms with E-state index >= 15 is 0 Å². The van der Waals surface area contributed by atoms with Gasteiger partial charge in [0.1, 0.15) is 0 Å². The van der Waals surface area contributed by atoms with Gasteiger partial charge in [-0.3, -0.25) is 0 Å². The average Bonchev–Trinajstić information content (AvgIpc) is 2.19. The predicted octanol–water partition coefficient (Wildman–Crippen LogP) is 1.86. The van der Waals surface area contributed by atoms with Crippen molar-refractivity contribution in [1.82, 2.24) is 10.2 Å². The molecule has 0 radical (unpaired) electrons. The van der Waals surface area contributed by atoms with Gasteiger partial charge in [-0.25, -0.2) is 0 Å². The first-order valence-corrected chi connectivity index (χ1v) is 5.86. The molecular formula is C11H24N2. The highest BCUT2D eigenvalue weighted by Gasteiger charge is 2.08. The summed E-state index contributed by atoms with van der Waals surface area (Å²) in [5.41, 5.74) is 0. The Morgan fingerprint density at radius 2 is 1.85 bits per heavy atom. The zero-order chi connectivity index (χ0) is 9.36. The molecule has 0 amide bonds. The third-order valence-corrected chi connectivity index (χ3v) is 2.78. The molecule has 78 valence electrons. The van der Waals surface area contributed by atoms with Gasteiger partial charge in [-0.1, -0.05) is 13.3 Å². The molecule has 1 fully saturated rings. The molecule has 0 atom stereocenters. The zero-order valence-electron chi connectivity index (χ0n) is 9.02. The lowest BCUT2D eigenvalue weighted by Gasteiger charge is -2.26. The van der Waals surface area contributed by atoms with Crippen molar-refractivity contribution in [2.45, 2.75) is 39.0 Å². The van der Waals surface area contributed by atoms with Crippen LogP contribution in [-0.4, -0.2) is 37.6 Å². The molecule has 2 heteroatoms. The van der Waals surface area contributed by atoms with E-state index in [1.54, 1.807) is 0 Å². The molecule has 1 aliphatic rings. The Morgan fingerprint density at radius 1 is 1.08 bits per heavy atom. The summed E-state index contributed by atoms with van der Waals surface area (Å²) in [6.45, 7) is 8.51. The van der Waals surface area contributed by atoms with Crippen LogP contribution in [0.15, 0.2) is 0 Å². The Kier molecular flexibility index (Phi) is 6.21. The lowest BCUT2D eigenvalue weighted by Crippen LogP contribution is -2.31. The average molecular weight is 184 g/mol. The lowest BCUT2D eigenvalue weighted by molar-refractivity contribution is 0.224. The van der Waals surface area contributed by atoms with E-state index < -0.39 is 0 Å². The molecule has 0 bridgehead atoms. The molecule has 0 aromatic heterocycles. The van der Waals surface area contributed by atoms with Crippen molar-refractivity contribution in [2.24, 2.45) is 0 Å². The van der Waals surface area contributed by atoms with Gasteiger partial charge in [0.15, 0.2) is 0 Å². The summed E-state index contributed by atoms with van der Waals surface area (Å²) in [5, 5.41) is 3.37. The van der Waals surface area contributed by atoms with Crippen molar-refractivity contribution in [2.75, 3.05) is 32.7 Å². The van der Waals surface area contributed by atoms with Crippen molar-refractivity contribution in [3.8, 4) is 0 Å². The maximum atomic E-state index is 3.37. The Hall–Kier alpha value is -0.0800. The quantitative estimate of drug-likeness (QED) is 0.634. The third-order valence-electron chi connectivity index (χ3n) is 2.78. The standard InChI is InChI=1S/C11H24N2/c1-2-12-8-4-7-11-13-9-5-3-6-10-13/h12H,2-11H2,1H3. The molecule has 0 unspecified atom stereocenters. The fourth-order valence-electron chi connectivity index (χ4n) is 1.95. The molecule has 1 saturated heterocycles. The normalized spacial score (nSPS) is 19.2. The van der Waals surface area contributed by atoms with Crippen LogP contribution in [0.5, 0.6) is 0 Å². The van der Waals surface area contributed by atoms with E-state index in [0.29, 0.717) is 0 Å². The van der Waals surface area contributed by atoms with Crippen molar-refractivity contribution in [1.29, 1.82) is 0 Å². The van der Waals surface area contributed by atoms with Gasteiger partial charge in [0.05, 0.1) is 0 Å². The molecule has 1 rings (SSSR count). The van der Waals surface area contributed by atoms with Gasteiger partial charge in [0.25, 0.3) is 0 Å². The van der Waals surface area contributed by atoms with Crippen molar-refractivity contribution >= 4 is 0 Å². The zero-order valence-corrected chi connectivity index (χ0v) is 9.02. The van der Waals surface area contributed by atoms with E-state index in [9.17, 15) is 0 Å². The van der Waals surface area contributed by atoms with Gasteiger partial charge in [-0.15, -0.1) is 0 Å². The number of nitrogens with one attached hydrogen (secondary N) is 1. The molecule has 0 aliphatic carbocycles. The first-order valence-electron chi connectivity index (χ1n) is 5.86. The Morgan fingerprint density at radius 3 is 2.54 bits per heavy atom. The van der Waals surface area contributed by atoms with Gasteiger partial charge in [0, 0.05) is 0 Å². The van der Waals surface area contributed by atoms with Gasteiger partial charge >= 0.3 is 0 Å². The number of piperidine rings is 1. The summed E-state index contributed by atoms with van der Waals surface area (Å²) in [4.78, 5) is 2.62. The van der Waals surface area contributed by atoms with Crippen LogP contribution >= 0.6 is 0 Å². The second-order valence-electron chi connectivity index (χ2n) is 3.96. The second-order valence-corrected chi connectivity index (χ2v) is 3.96. The molecule has 0 spiro atoms. The minimum absolute atomic E-state index is 1.11. The van der Waals surface area contributed by atoms with E-state index in [0.717, 1.165) is 6.54 Å². The number of likely N-dealkylation sites (tertiary alicyclic amines) is 1. The summed E-state index contributed by atoms with van der Waals surface area (Å²) < 4.78 is 0. The Bertz CT molecular complexity index is 109. The minimum atomic E-state index is 1.11. The maximum Gasteiger partial charge on any atom is -0.00183 e. The smallest absolute Gasteiger partial charge is 0.00183 e. The fourth-order valence-corrected chi connectivity index (χ4v) is 1.95. The van der Waals surface area contributed by atoms with Crippen LogP contribution in [0.2, 0.25) is 0 Å². The van der Waals surface area contributed by atoms with Crippen molar-refractivity contribution in [3.63, 3.8) is 0 Å². The summed E-state index contributed by atoms with van der Waals surface area (Å²) in [7, 11) is 0. The van der Waals surface area contributed by atoms with Crippen LogP contribution in [0.3, 0.4) is 0 Å². The van der Waals surface area contributed by atoms with Crippen molar-refractivity contribution in [3.05, 3.63) is 0 Å². The maximum absolute atomic E-state index is 3.37. The summed E-state index contributed by atoms with van der Waals surface area (Å²) in [6.07, 6.45) is 7.01. The van der Waals surface area contributed by atoms with E-state index in [2.05, 4.69) is 17.1 Å². The van der Waals surface area contributed by atoms with Crippen LogP contribution in [0, 0.1) is 0 Å². The molecular weight excluding hydrogens is 160 g/mol. The second kappa shape index (κ2) is 7.34. The molecule has 2 nitrogen and oxygen atoms in total. The topological polar surface area (TPSA) is 15.3 Å². The van der Waals surface area contributed by atoms with Crippen LogP contribution in [-0.2, 0) is 0 Å². The van der Waals surface area contributed by atoms with Gasteiger partial charge in [0.2, 0.25) is 0 Å². The third kappa shape index (κ3) is 5.27. The molecule has 13 heavy (non-hydrogen) atoms. The van der Waals surface area contributed by atoms with Crippen molar-refractivity contribution < 1.29 is 0 Å². The highest BCUT2D eigenvalue weighted by molar-refractivity contribution is 4.64. The SMILES string of the molecule is CCNCCCCN1CCCCC1. The first kappa shape index (κ1) is 11.0. The molecule has 1 heterocycles. The molecule has 0 aromatic carbocycles. The molecule has 0 saturated carbocycles. The number of hydrogen-bond acceptors (Lipinski definition) is 2. The molecule has 1 N–H and O–H groups in total. The highest BCUT2D eigenvalue weighted by Crippen LogP contribution is 2.08. The minimum Gasteiger partial charge on any atom is -0.317 e. The number of unbranched alkanes of at least 4 members (excludes halogenated alkanes) is 1. The van der Waals surface area contributed by atoms with Crippen LogP contribution in [0.4, 0.5) is 0 Å². The molecule has 1 aliphatic heterocycles. The monoisotopic (exact) mass is 184 g/mol. The number of nitrogens with zero attached hydrogens (tertiary/aromatic N) is 1. The lowest BCUT2D eigenvalue weighted by atomic mass is 10.1. The summed E-state index contributed by atoms with van der Waals surface area (Å²) in [5.74, 6) is 0. The fraction of sp³-hybridized carbons (Fsp3) is 1.00. The van der Waals surface area contributed by atoms with Gasteiger partial charge in [-0.2, -0.15) is 0 Å². The van der Waals surface area contributed by atoms with Crippen LogP contribution < -0.4 is 5.32 Å². The van der Waals surface area contributed by atoms with Gasteiger partial charge < -0.3 is 10.2 Å². The number of hydrogen-bond donors (Lipinski definition) is 1. The van der Waals surface area contributed by atoms with Gasteiger partial charge in [-0.05, 0) is 58.4 Å². The first-order chi connectivity index (χ1) is 6.43. The predicted molar refractivity (Wildman–Crippen MR) is 58.1 cm³/mol. The molecule has 0 aromatic rings. The van der Waals surface area contributed by atoms with E-state index in [1.165, 1.54) is 58.3 Å². The largest absolute Gasteiger partial charge is 0.317 e. The highest BCUT2D eigenvalue weighted by atomic mass is 15.1. The summed E-state index contributed by atoms with van der Waals surface area (Å²) >= 11 is 0. The Balaban J connectivity index is 1.86.